The van der Waals surface area contributed by atoms with E-state index in [1.54, 1.807) is 31.2 Å². The minimum absolute atomic E-state index is 0.101. The van der Waals surface area contributed by atoms with Gasteiger partial charge in [-0.3, -0.25) is 9.78 Å². The van der Waals surface area contributed by atoms with Crippen molar-refractivity contribution in [1.82, 2.24) is 10.4 Å². The summed E-state index contributed by atoms with van der Waals surface area (Å²) in [7, 11) is 0. The molecule has 2 heterocycles. The van der Waals surface area contributed by atoms with Crippen LogP contribution in [0.15, 0.2) is 63.1 Å². The maximum Gasteiger partial charge on any atom is 0.336 e. The number of nitrogens with one attached hydrogen (secondary N) is 1. The molecular formula is C17H13N3O4. The van der Waals surface area contributed by atoms with Crippen molar-refractivity contribution < 1.29 is 14.3 Å². The van der Waals surface area contributed by atoms with E-state index in [9.17, 15) is 14.7 Å². The Labute approximate surface area is 136 Å². The molecule has 0 bridgehead atoms. The van der Waals surface area contributed by atoms with Crippen LogP contribution in [0.5, 0.6) is 5.75 Å². The molecule has 1 aromatic carbocycles. The zero-order valence-corrected chi connectivity index (χ0v) is 12.7. The standard InChI is InChI=1S/C17H13N3O4/c1-10(19-20-17(23)12-6-8-18-9-7-12)15-13(21)4-2-11-3-5-14(22)24-16(11)15/h2-9,21H,1H3,(H,20,23)/b19-10+. The van der Waals surface area contributed by atoms with Gasteiger partial charge in [-0.2, -0.15) is 5.10 Å². The highest BCUT2D eigenvalue weighted by Gasteiger charge is 2.14. The Morgan fingerprint density at radius 2 is 1.88 bits per heavy atom. The van der Waals surface area contributed by atoms with Crippen LogP contribution < -0.4 is 11.1 Å². The maximum atomic E-state index is 12.0. The first-order valence-electron chi connectivity index (χ1n) is 7.07. The maximum absolute atomic E-state index is 12.0. The molecule has 0 spiro atoms. The van der Waals surface area contributed by atoms with Gasteiger partial charge in [-0.1, -0.05) is 0 Å². The summed E-state index contributed by atoms with van der Waals surface area (Å²) in [6, 6.07) is 9.08. The van der Waals surface area contributed by atoms with Gasteiger partial charge in [0.2, 0.25) is 0 Å². The number of hydrazone groups is 1. The van der Waals surface area contributed by atoms with Crippen molar-refractivity contribution in [1.29, 1.82) is 0 Å². The van der Waals surface area contributed by atoms with Crippen LogP contribution >= 0.6 is 0 Å². The van der Waals surface area contributed by atoms with Gasteiger partial charge in [0.05, 0.1) is 11.3 Å². The van der Waals surface area contributed by atoms with E-state index in [1.165, 1.54) is 24.5 Å². The van der Waals surface area contributed by atoms with E-state index in [4.69, 9.17) is 4.42 Å². The van der Waals surface area contributed by atoms with Gasteiger partial charge in [0.15, 0.2) is 5.58 Å². The Balaban J connectivity index is 1.98. The third-order valence-corrected chi connectivity index (χ3v) is 3.40. The molecule has 2 N–H and O–H groups in total. The SMILES string of the molecule is C/C(=N\NC(=O)c1ccncc1)c1c(O)ccc2ccc(=O)oc12. The lowest BCUT2D eigenvalue weighted by Gasteiger charge is -2.07. The van der Waals surface area contributed by atoms with Crippen LogP contribution in [-0.4, -0.2) is 21.7 Å². The molecule has 1 amide bonds. The van der Waals surface area contributed by atoms with Crippen molar-refractivity contribution in [3.63, 3.8) is 0 Å². The Hall–Kier alpha value is -3.48. The van der Waals surface area contributed by atoms with E-state index in [0.717, 1.165) is 0 Å². The van der Waals surface area contributed by atoms with E-state index in [1.807, 2.05) is 0 Å². The average Bonchev–Trinajstić information content (AvgIpc) is 2.60. The molecular weight excluding hydrogens is 310 g/mol. The van der Waals surface area contributed by atoms with Crippen molar-refractivity contribution in [3.8, 4) is 5.75 Å². The monoisotopic (exact) mass is 323 g/mol. The fourth-order valence-electron chi connectivity index (χ4n) is 2.23. The van der Waals surface area contributed by atoms with Crippen LogP contribution in [-0.2, 0) is 0 Å². The Bertz CT molecular complexity index is 994. The molecule has 0 aliphatic heterocycles. The molecule has 7 heteroatoms. The molecule has 0 aliphatic carbocycles. The molecule has 24 heavy (non-hydrogen) atoms. The van der Waals surface area contributed by atoms with Crippen LogP contribution in [0.3, 0.4) is 0 Å². The third-order valence-electron chi connectivity index (χ3n) is 3.40. The lowest BCUT2D eigenvalue weighted by molar-refractivity contribution is 0.0954. The number of benzene rings is 1. The fourth-order valence-corrected chi connectivity index (χ4v) is 2.23. The molecule has 0 radical (unpaired) electrons. The number of phenols is 1. The third kappa shape index (κ3) is 3.00. The van der Waals surface area contributed by atoms with E-state index >= 15 is 0 Å². The van der Waals surface area contributed by atoms with E-state index in [0.29, 0.717) is 16.7 Å². The summed E-state index contributed by atoms with van der Waals surface area (Å²) in [5.41, 5.74) is 3.01. The Morgan fingerprint density at radius 3 is 2.62 bits per heavy atom. The number of pyridine rings is 1. The summed E-state index contributed by atoms with van der Waals surface area (Å²) in [5.74, 6) is -0.519. The first-order valence-corrected chi connectivity index (χ1v) is 7.07. The molecule has 7 nitrogen and oxygen atoms in total. The Kier molecular flexibility index (Phi) is 4.07. The zero-order valence-electron chi connectivity index (χ0n) is 12.7. The molecule has 0 fully saturated rings. The average molecular weight is 323 g/mol. The summed E-state index contributed by atoms with van der Waals surface area (Å²) in [6.07, 6.45) is 2.99. The first kappa shape index (κ1) is 15.4. The van der Waals surface area contributed by atoms with E-state index in [2.05, 4.69) is 15.5 Å². The van der Waals surface area contributed by atoms with Crippen molar-refractivity contribution in [2.75, 3.05) is 0 Å². The quantitative estimate of drug-likeness (QED) is 0.436. The van der Waals surface area contributed by atoms with E-state index < -0.39 is 11.5 Å². The molecule has 0 atom stereocenters. The highest BCUT2D eigenvalue weighted by molar-refractivity contribution is 6.10. The second-order valence-corrected chi connectivity index (χ2v) is 5.01. The summed E-state index contributed by atoms with van der Waals surface area (Å²) < 4.78 is 5.17. The van der Waals surface area contributed by atoms with Crippen LogP contribution in [0.2, 0.25) is 0 Å². The number of hydrogen-bond donors (Lipinski definition) is 2. The normalized spacial score (nSPS) is 11.5. The van der Waals surface area contributed by atoms with Gasteiger partial charge in [0, 0.05) is 29.4 Å². The first-order chi connectivity index (χ1) is 11.6. The minimum atomic E-state index is -0.539. The van der Waals surface area contributed by atoms with Crippen LogP contribution in [0.25, 0.3) is 11.0 Å². The molecule has 0 aliphatic rings. The van der Waals surface area contributed by atoms with Crippen molar-refractivity contribution in [3.05, 3.63) is 70.3 Å². The molecule has 0 saturated carbocycles. The number of fused-ring (bicyclic) bond motifs is 1. The highest BCUT2D eigenvalue weighted by Crippen LogP contribution is 2.26. The molecule has 0 unspecified atom stereocenters. The largest absolute Gasteiger partial charge is 0.507 e. The number of carbonyl (C=O) groups is 1. The second-order valence-electron chi connectivity index (χ2n) is 5.01. The van der Waals surface area contributed by atoms with Crippen molar-refractivity contribution >= 4 is 22.6 Å². The van der Waals surface area contributed by atoms with Gasteiger partial charge in [0.25, 0.3) is 5.91 Å². The number of hydrogen-bond acceptors (Lipinski definition) is 6. The van der Waals surface area contributed by atoms with Crippen LogP contribution in [0.1, 0.15) is 22.8 Å². The van der Waals surface area contributed by atoms with Gasteiger partial charge < -0.3 is 9.52 Å². The summed E-state index contributed by atoms with van der Waals surface area (Å²) >= 11 is 0. The van der Waals surface area contributed by atoms with Crippen LogP contribution in [0.4, 0.5) is 0 Å². The predicted molar refractivity (Wildman–Crippen MR) is 88.1 cm³/mol. The summed E-state index contributed by atoms with van der Waals surface area (Å²) in [5, 5.41) is 14.7. The summed E-state index contributed by atoms with van der Waals surface area (Å²) in [4.78, 5) is 27.3. The van der Waals surface area contributed by atoms with E-state index in [-0.39, 0.29) is 16.9 Å². The number of nitrogens with zero attached hydrogens (tertiary/aromatic N) is 2. The minimum Gasteiger partial charge on any atom is -0.507 e. The lowest BCUT2D eigenvalue weighted by Crippen LogP contribution is -2.19. The van der Waals surface area contributed by atoms with Gasteiger partial charge in [-0.15, -0.1) is 0 Å². The molecule has 2 aromatic heterocycles. The second kappa shape index (κ2) is 6.33. The number of phenolic OH excluding ortho intramolecular Hbond substituents is 1. The molecule has 120 valence electrons. The number of rotatable bonds is 3. The van der Waals surface area contributed by atoms with Gasteiger partial charge in [-0.25, -0.2) is 10.2 Å². The van der Waals surface area contributed by atoms with Gasteiger partial charge in [-0.05, 0) is 37.3 Å². The van der Waals surface area contributed by atoms with Crippen LogP contribution in [0, 0.1) is 0 Å². The number of amides is 1. The number of aromatic nitrogens is 1. The van der Waals surface area contributed by atoms with Gasteiger partial charge >= 0.3 is 5.63 Å². The van der Waals surface area contributed by atoms with Gasteiger partial charge in [0.1, 0.15) is 5.75 Å². The predicted octanol–water partition coefficient (Wildman–Crippen LogP) is 2.05. The smallest absolute Gasteiger partial charge is 0.336 e. The topological polar surface area (TPSA) is 105 Å². The molecule has 3 aromatic rings. The number of carbonyl (C=O) groups excluding carboxylic acids is 1. The number of aromatic hydroxyl groups is 1. The summed E-state index contributed by atoms with van der Waals surface area (Å²) in [6.45, 7) is 1.59. The lowest BCUT2D eigenvalue weighted by atomic mass is 10.1. The fraction of sp³-hybridized carbons (Fsp3) is 0.0588. The Morgan fingerprint density at radius 1 is 1.17 bits per heavy atom. The molecule has 3 rings (SSSR count). The van der Waals surface area contributed by atoms with Crippen molar-refractivity contribution in [2.45, 2.75) is 6.92 Å². The molecule has 0 saturated heterocycles. The zero-order chi connectivity index (χ0) is 17.1. The highest BCUT2D eigenvalue weighted by atomic mass is 16.4. The van der Waals surface area contributed by atoms with Crippen molar-refractivity contribution in [2.24, 2.45) is 5.10 Å².